The van der Waals surface area contributed by atoms with E-state index in [1.54, 1.807) is 6.07 Å². The van der Waals surface area contributed by atoms with Crippen molar-refractivity contribution >= 4 is 0 Å². The molecule has 1 N–H and O–H groups in total. The molecule has 1 heterocycles. The van der Waals surface area contributed by atoms with Crippen molar-refractivity contribution in [3.63, 3.8) is 0 Å². The molecule has 0 spiro atoms. The molecule has 1 aliphatic heterocycles. The van der Waals surface area contributed by atoms with Gasteiger partial charge in [-0.1, -0.05) is 26.8 Å². The van der Waals surface area contributed by atoms with E-state index < -0.39 is 0 Å². The van der Waals surface area contributed by atoms with E-state index in [4.69, 9.17) is 4.74 Å². The van der Waals surface area contributed by atoms with E-state index in [1.165, 1.54) is 19.3 Å². The standard InChI is InChI=1S/C18H29NO2/c1-4-11-21-16-8-7-15(17(20)12-16)13-19-10-9-18(5-2,6-3)14-19/h7-8,12,20H,4-6,9-11,13-14H2,1-3H3. The lowest BCUT2D eigenvalue weighted by Crippen LogP contribution is -2.26. The summed E-state index contributed by atoms with van der Waals surface area (Å²) in [5, 5.41) is 10.2. The highest BCUT2D eigenvalue weighted by Gasteiger charge is 2.34. The summed E-state index contributed by atoms with van der Waals surface area (Å²) in [6.45, 7) is 10.5. The van der Waals surface area contributed by atoms with Crippen LogP contribution in [0.25, 0.3) is 0 Å². The molecule has 0 atom stereocenters. The van der Waals surface area contributed by atoms with Crippen LogP contribution in [0.3, 0.4) is 0 Å². The maximum Gasteiger partial charge on any atom is 0.123 e. The van der Waals surface area contributed by atoms with Crippen LogP contribution in [-0.4, -0.2) is 29.7 Å². The molecule has 3 nitrogen and oxygen atoms in total. The van der Waals surface area contributed by atoms with Gasteiger partial charge < -0.3 is 9.84 Å². The van der Waals surface area contributed by atoms with Crippen LogP contribution in [0, 0.1) is 5.41 Å². The highest BCUT2D eigenvalue weighted by Crippen LogP contribution is 2.38. The lowest BCUT2D eigenvalue weighted by molar-refractivity contribution is 0.234. The minimum Gasteiger partial charge on any atom is -0.507 e. The Kier molecular flexibility index (Phi) is 5.51. The molecule has 1 aromatic carbocycles. The number of rotatable bonds is 7. The first-order valence-corrected chi connectivity index (χ1v) is 8.29. The van der Waals surface area contributed by atoms with Gasteiger partial charge >= 0.3 is 0 Å². The van der Waals surface area contributed by atoms with Gasteiger partial charge in [-0.05, 0) is 43.7 Å². The van der Waals surface area contributed by atoms with E-state index in [0.717, 1.165) is 37.4 Å². The smallest absolute Gasteiger partial charge is 0.123 e. The third-order valence-corrected chi connectivity index (χ3v) is 4.94. The van der Waals surface area contributed by atoms with Crippen LogP contribution in [0.4, 0.5) is 0 Å². The minimum atomic E-state index is 0.356. The molecule has 0 saturated carbocycles. The summed E-state index contributed by atoms with van der Waals surface area (Å²) in [6.07, 6.45) is 4.75. The minimum absolute atomic E-state index is 0.356. The summed E-state index contributed by atoms with van der Waals surface area (Å²) < 4.78 is 5.56. The molecule has 0 aliphatic carbocycles. The SMILES string of the molecule is CCCOc1ccc(CN2CCC(CC)(CC)C2)c(O)c1. The Morgan fingerprint density at radius 3 is 2.57 bits per heavy atom. The largest absolute Gasteiger partial charge is 0.507 e. The zero-order valence-corrected chi connectivity index (χ0v) is 13.7. The Hall–Kier alpha value is -1.22. The first kappa shape index (κ1) is 16.2. The average molecular weight is 291 g/mol. The third kappa shape index (κ3) is 3.91. The lowest BCUT2D eigenvalue weighted by atomic mass is 9.82. The molecule has 1 saturated heterocycles. The van der Waals surface area contributed by atoms with Gasteiger partial charge in [-0.15, -0.1) is 0 Å². The second-order valence-corrected chi connectivity index (χ2v) is 6.31. The van der Waals surface area contributed by atoms with E-state index in [0.29, 0.717) is 17.8 Å². The highest BCUT2D eigenvalue weighted by atomic mass is 16.5. The normalized spacial score (nSPS) is 18.0. The van der Waals surface area contributed by atoms with Gasteiger partial charge in [-0.3, -0.25) is 4.90 Å². The molecule has 0 aromatic heterocycles. The van der Waals surface area contributed by atoms with Crippen molar-refractivity contribution in [3.8, 4) is 11.5 Å². The summed E-state index contributed by atoms with van der Waals surface area (Å²) in [5.74, 6) is 1.12. The lowest BCUT2D eigenvalue weighted by Gasteiger charge is -2.26. The van der Waals surface area contributed by atoms with Crippen LogP contribution in [0.1, 0.15) is 52.0 Å². The van der Waals surface area contributed by atoms with Crippen molar-refractivity contribution < 1.29 is 9.84 Å². The average Bonchev–Trinajstić information content (AvgIpc) is 2.91. The molecule has 3 heteroatoms. The van der Waals surface area contributed by atoms with Gasteiger partial charge in [0, 0.05) is 24.7 Å². The Morgan fingerprint density at radius 1 is 1.24 bits per heavy atom. The predicted molar refractivity (Wildman–Crippen MR) is 86.8 cm³/mol. The van der Waals surface area contributed by atoms with Crippen molar-refractivity contribution in [1.82, 2.24) is 4.90 Å². The Labute approximate surface area is 128 Å². The van der Waals surface area contributed by atoms with Crippen molar-refractivity contribution in [3.05, 3.63) is 23.8 Å². The molecule has 0 amide bonds. The predicted octanol–water partition coefficient (Wildman–Crippen LogP) is 4.19. The number of nitrogens with zero attached hydrogens (tertiary/aromatic N) is 1. The van der Waals surface area contributed by atoms with Crippen LogP contribution in [0.15, 0.2) is 18.2 Å². The molecular weight excluding hydrogens is 262 g/mol. The van der Waals surface area contributed by atoms with Gasteiger partial charge in [0.2, 0.25) is 0 Å². The van der Waals surface area contributed by atoms with E-state index in [-0.39, 0.29) is 0 Å². The summed E-state index contributed by atoms with van der Waals surface area (Å²) in [6, 6.07) is 5.71. The number of aromatic hydroxyl groups is 1. The third-order valence-electron chi connectivity index (χ3n) is 4.94. The maximum atomic E-state index is 10.2. The van der Waals surface area contributed by atoms with Crippen LogP contribution in [0.2, 0.25) is 0 Å². The van der Waals surface area contributed by atoms with Crippen LogP contribution in [-0.2, 0) is 6.54 Å². The van der Waals surface area contributed by atoms with Crippen molar-refractivity contribution in [2.45, 2.75) is 53.0 Å². The summed E-state index contributed by atoms with van der Waals surface area (Å²) >= 11 is 0. The van der Waals surface area contributed by atoms with Crippen LogP contribution in [0.5, 0.6) is 11.5 Å². The Bertz CT molecular complexity index is 455. The molecule has 2 rings (SSSR count). The van der Waals surface area contributed by atoms with E-state index in [2.05, 4.69) is 25.7 Å². The summed E-state index contributed by atoms with van der Waals surface area (Å²) in [7, 11) is 0. The van der Waals surface area contributed by atoms with E-state index in [1.807, 2.05) is 12.1 Å². The van der Waals surface area contributed by atoms with Crippen LogP contribution >= 0.6 is 0 Å². The molecule has 1 aliphatic rings. The Balaban J connectivity index is 1.97. The quantitative estimate of drug-likeness (QED) is 0.817. The molecule has 1 aromatic rings. The topological polar surface area (TPSA) is 32.7 Å². The molecule has 0 bridgehead atoms. The number of phenolic OH excluding ortho intramolecular Hbond substituents is 1. The van der Waals surface area contributed by atoms with Gasteiger partial charge in [0.1, 0.15) is 11.5 Å². The number of phenols is 1. The first-order chi connectivity index (χ1) is 10.1. The monoisotopic (exact) mass is 291 g/mol. The van der Waals surface area contributed by atoms with Crippen LogP contribution < -0.4 is 4.74 Å². The van der Waals surface area contributed by atoms with Crippen molar-refractivity contribution in [1.29, 1.82) is 0 Å². The fraction of sp³-hybridized carbons (Fsp3) is 0.667. The molecule has 0 unspecified atom stereocenters. The second kappa shape index (κ2) is 7.17. The van der Waals surface area contributed by atoms with Crippen molar-refractivity contribution in [2.24, 2.45) is 5.41 Å². The maximum absolute atomic E-state index is 10.2. The highest BCUT2D eigenvalue weighted by molar-refractivity contribution is 5.39. The fourth-order valence-corrected chi connectivity index (χ4v) is 3.22. The number of hydrogen-bond donors (Lipinski definition) is 1. The molecule has 118 valence electrons. The van der Waals surface area contributed by atoms with Gasteiger partial charge in [0.15, 0.2) is 0 Å². The number of benzene rings is 1. The number of ether oxygens (including phenoxy) is 1. The van der Waals surface area contributed by atoms with E-state index >= 15 is 0 Å². The zero-order valence-electron chi connectivity index (χ0n) is 13.7. The summed E-state index contributed by atoms with van der Waals surface area (Å²) in [5.41, 5.74) is 1.49. The summed E-state index contributed by atoms with van der Waals surface area (Å²) in [4.78, 5) is 2.47. The number of hydrogen-bond acceptors (Lipinski definition) is 3. The molecule has 21 heavy (non-hydrogen) atoms. The van der Waals surface area contributed by atoms with E-state index in [9.17, 15) is 5.11 Å². The number of likely N-dealkylation sites (tertiary alicyclic amines) is 1. The molecule has 0 radical (unpaired) electrons. The second-order valence-electron chi connectivity index (χ2n) is 6.31. The van der Waals surface area contributed by atoms with Crippen molar-refractivity contribution in [2.75, 3.05) is 19.7 Å². The zero-order chi connectivity index (χ0) is 15.3. The Morgan fingerprint density at radius 2 is 2.00 bits per heavy atom. The van der Waals surface area contributed by atoms with Gasteiger partial charge in [-0.25, -0.2) is 0 Å². The first-order valence-electron chi connectivity index (χ1n) is 8.29. The molecule has 1 fully saturated rings. The van der Waals surface area contributed by atoms with Gasteiger partial charge in [-0.2, -0.15) is 0 Å². The fourth-order valence-electron chi connectivity index (χ4n) is 3.22. The van der Waals surface area contributed by atoms with Gasteiger partial charge in [0.05, 0.1) is 6.61 Å². The van der Waals surface area contributed by atoms with Gasteiger partial charge in [0.25, 0.3) is 0 Å². The molecular formula is C18H29NO2.